The molecule has 0 aliphatic carbocycles. The largest absolute Gasteiger partial charge is 0.496 e. The molecule has 0 bridgehead atoms. The first-order chi connectivity index (χ1) is 12.0. The van der Waals surface area contributed by atoms with Crippen molar-refractivity contribution in [3.05, 3.63) is 59.2 Å². The fraction of sp³-hybridized carbons (Fsp3) is 0.381. The number of benzene rings is 2. The number of rotatable bonds is 7. The maximum Gasteiger partial charge on any atom is 0.261 e. The van der Waals surface area contributed by atoms with Crippen LogP contribution in [0.25, 0.3) is 0 Å². The van der Waals surface area contributed by atoms with Crippen LogP contribution < -0.4 is 14.8 Å². The molecular weight excluding hydrogens is 314 g/mol. The molecular formula is C21H27NO3. The number of hydrogen-bond acceptors (Lipinski definition) is 3. The van der Waals surface area contributed by atoms with Crippen molar-refractivity contribution < 1.29 is 14.3 Å². The van der Waals surface area contributed by atoms with E-state index < -0.39 is 6.10 Å². The molecule has 0 unspecified atom stereocenters. The molecule has 2 aromatic rings. The zero-order valence-corrected chi connectivity index (χ0v) is 15.6. The smallest absolute Gasteiger partial charge is 0.261 e. The molecule has 0 aliphatic heterocycles. The highest BCUT2D eigenvalue weighted by Gasteiger charge is 2.22. The Morgan fingerprint density at radius 1 is 1.08 bits per heavy atom. The molecule has 0 aliphatic rings. The number of hydrogen-bond donors (Lipinski definition) is 1. The molecule has 25 heavy (non-hydrogen) atoms. The van der Waals surface area contributed by atoms with Crippen molar-refractivity contribution in [1.82, 2.24) is 5.32 Å². The number of aryl methyl sites for hydroxylation is 1. The Morgan fingerprint density at radius 3 is 2.44 bits per heavy atom. The summed E-state index contributed by atoms with van der Waals surface area (Å²) in [5, 5.41) is 3.03. The number of amides is 1. The molecule has 0 saturated carbocycles. The topological polar surface area (TPSA) is 47.6 Å². The second-order valence-electron chi connectivity index (χ2n) is 6.19. The fourth-order valence-electron chi connectivity index (χ4n) is 2.74. The van der Waals surface area contributed by atoms with Crippen molar-refractivity contribution in [3.63, 3.8) is 0 Å². The monoisotopic (exact) mass is 341 g/mol. The molecule has 1 amide bonds. The van der Waals surface area contributed by atoms with Crippen LogP contribution in [0.1, 0.15) is 43.0 Å². The maximum atomic E-state index is 12.7. The van der Waals surface area contributed by atoms with Gasteiger partial charge < -0.3 is 14.8 Å². The number of carbonyl (C=O) groups excluding carboxylic acids is 1. The predicted molar refractivity (Wildman–Crippen MR) is 100 cm³/mol. The Hall–Kier alpha value is -2.49. The van der Waals surface area contributed by atoms with Crippen LogP contribution in [0, 0.1) is 13.8 Å². The Kier molecular flexibility index (Phi) is 6.45. The predicted octanol–water partition coefficient (Wildman–Crippen LogP) is 4.35. The Labute approximate surface area is 150 Å². The van der Waals surface area contributed by atoms with Crippen LogP contribution in [-0.4, -0.2) is 19.1 Å². The number of methoxy groups -OCH3 is 1. The summed E-state index contributed by atoms with van der Waals surface area (Å²) in [6.07, 6.45) is 0.0652. The zero-order valence-electron chi connectivity index (χ0n) is 15.6. The average Bonchev–Trinajstić information content (AvgIpc) is 2.62. The third-order valence-corrected chi connectivity index (χ3v) is 4.45. The lowest BCUT2D eigenvalue weighted by atomic mass is 10.1. The third-order valence-electron chi connectivity index (χ3n) is 4.45. The van der Waals surface area contributed by atoms with Gasteiger partial charge >= 0.3 is 0 Å². The standard InChI is InChI=1S/C21H27NO3/c1-6-18(25-19-13-9-10-14(2)15(19)3)21(23)22-16(4)17-11-7-8-12-20(17)24-5/h7-13,16,18H,6H2,1-5H3,(H,22,23)/t16-,18-/m1/s1. The van der Waals surface area contributed by atoms with E-state index in [1.807, 2.05) is 70.2 Å². The molecule has 0 spiro atoms. The minimum Gasteiger partial charge on any atom is -0.496 e. The van der Waals surface area contributed by atoms with Gasteiger partial charge in [-0.15, -0.1) is 0 Å². The van der Waals surface area contributed by atoms with Crippen molar-refractivity contribution >= 4 is 5.91 Å². The summed E-state index contributed by atoms with van der Waals surface area (Å²) in [4.78, 5) is 12.7. The van der Waals surface area contributed by atoms with Gasteiger partial charge in [0.15, 0.2) is 6.10 Å². The summed E-state index contributed by atoms with van der Waals surface area (Å²) in [7, 11) is 1.63. The molecule has 4 heteroatoms. The molecule has 0 radical (unpaired) electrons. The van der Waals surface area contributed by atoms with E-state index in [0.717, 1.165) is 28.2 Å². The summed E-state index contributed by atoms with van der Waals surface area (Å²) < 4.78 is 11.4. The van der Waals surface area contributed by atoms with Crippen LogP contribution in [0.5, 0.6) is 11.5 Å². The number of para-hydroxylation sites is 1. The Balaban J connectivity index is 2.10. The van der Waals surface area contributed by atoms with Crippen LogP contribution in [0.15, 0.2) is 42.5 Å². The SMILES string of the molecule is CC[C@@H](Oc1cccc(C)c1C)C(=O)N[C@H](C)c1ccccc1OC. The van der Waals surface area contributed by atoms with Crippen molar-refractivity contribution in [3.8, 4) is 11.5 Å². The molecule has 2 rings (SSSR count). The highest BCUT2D eigenvalue weighted by atomic mass is 16.5. The van der Waals surface area contributed by atoms with Gasteiger partial charge in [-0.05, 0) is 50.5 Å². The first-order valence-electron chi connectivity index (χ1n) is 8.64. The Morgan fingerprint density at radius 2 is 1.76 bits per heavy atom. The van der Waals surface area contributed by atoms with Crippen molar-refractivity contribution in [2.24, 2.45) is 0 Å². The van der Waals surface area contributed by atoms with Crippen molar-refractivity contribution in [2.75, 3.05) is 7.11 Å². The minimum absolute atomic E-state index is 0.123. The molecule has 0 aromatic heterocycles. The van der Waals surface area contributed by atoms with E-state index in [0.29, 0.717) is 6.42 Å². The van der Waals surface area contributed by atoms with Crippen LogP contribution in [0.4, 0.5) is 0 Å². The van der Waals surface area contributed by atoms with E-state index in [4.69, 9.17) is 9.47 Å². The highest BCUT2D eigenvalue weighted by Crippen LogP contribution is 2.25. The first kappa shape index (κ1) is 18.8. The molecule has 2 atom stereocenters. The van der Waals surface area contributed by atoms with Gasteiger partial charge in [0.1, 0.15) is 11.5 Å². The van der Waals surface area contributed by atoms with E-state index in [1.165, 1.54) is 0 Å². The lowest BCUT2D eigenvalue weighted by Gasteiger charge is -2.22. The second kappa shape index (κ2) is 8.56. The van der Waals surface area contributed by atoms with Gasteiger partial charge in [-0.25, -0.2) is 0 Å². The summed E-state index contributed by atoms with van der Waals surface area (Å²) in [5.41, 5.74) is 3.15. The molecule has 134 valence electrons. The van der Waals surface area contributed by atoms with Gasteiger partial charge in [-0.2, -0.15) is 0 Å². The number of carbonyl (C=O) groups is 1. The fourth-order valence-corrected chi connectivity index (χ4v) is 2.74. The summed E-state index contributed by atoms with van der Waals surface area (Å²) in [6, 6.07) is 13.4. The van der Waals surface area contributed by atoms with Crippen molar-refractivity contribution in [2.45, 2.75) is 46.3 Å². The van der Waals surface area contributed by atoms with Gasteiger partial charge in [-0.3, -0.25) is 4.79 Å². The second-order valence-corrected chi connectivity index (χ2v) is 6.19. The van der Waals surface area contributed by atoms with E-state index >= 15 is 0 Å². The zero-order chi connectivity index (χ0) is 18.4. The first-order valence-corrected chi connectivity index (χ1v) is 8.64. The summed E-state index contributed by atoms with van der Waals surface area (Å²) >= 11 is 0. The molecule has 1 N–H and O–H groups in total. The Bertz CT molecular complexity index is 727. The molecule has 0 fully saturated rings. The van der Waals surface area contributed by atoms with Gasteiger partial charge in [0.2, 0.25) is 0 Å². The van der Waals surface area contributed by atoms with Crippen molar-refractivity contribution in [1.29, 1.82) is 0 Å². The molecule has 0 saturated heterocycles. The molecule has 2 aromatic carbocycles. The van der Waals surface area contributed by atoms with E-state index in [2.05, 4.69) is 5.32 Å². The average molecular weight is 341 g/mol. The summed E-state index contributed by atoms with van der Waals surface area (Å²) in [6.45, 7) is 7.93. The number of nitrogens with one attached hydrogen (secondary N) is 1. The van der Waals surface area contributed by atoms with E-state index in [1.54, 1.807) is 7.11 Å². The van der Waals surface area contributed by atoms with Crippen LogP contribution in [-0.2, 0) is 4.79 Å². The van der Waals surface area contributed by atoms with E-state index in [9.17, 15) is 4.79 Å². The van der Waals surface area contributed by atoms with Gasteiger partial charge in [-0.1, -0.05) is 37.3 Å². The lowest BCUT2D eigenvalue weighted by molar-refractivity contribution is -0.128. The van der Waals surface area contributed by atoms with Crippen LogP contribution in [0.3, 0.4) is 0 Å². The third kappa shape index (κ3) is 4.53. The van der Waals surface area contributed by atoms with Gasteiger partial charge in [0.05, 0.1) is 13.2 Å². The lowest BCUT2D eigenvalue weighted by Crippen LogP contribution is -2.39. The van der Waals surface area contributed by atoms with Crippen LogP contribution in [0.2, 0.25) is 0 Å². The highest BCUT2D eigenvalue weighted by molar-refractivity contribution is 5.81. The van der Waals surface area contributed by atoms with Gasteiger partial charge in [0.25, 0.3) is 5.91 Å². The maximum absolute atomic E-state index is 12.7. The van der Waals surface area contributed by atoms with E-state index in [-0.39, 0.29) is 11.9 Å². The molecule has 0 heterocycles. The quantitative estimate of drug-likeness (QED) is 0.814. The normalized spacial score (nSPS) is 13.0. The minimum atomic E-state index is -0.530. The van der Waals surface area contributed by atoms with Gasteiger partial charge in [0, 0.05) is 5.56 Å². The molecule has 4 nitrogen and oxygen atoms in total. The van der Waals surface area contributed by atoms with Crippen LogP contribution >= 0.6 is 0 Å². The number of ether oxygens (including phenoxy) is 2. The summed E-state index contributed by atoms with van der Waals surface area (Å²) in [5.74, 6) is 1.40.